The predicted molar refractivity (Wildman–Crippen MR) is 73.5 cm³/mol. The smallest absolute Gasteiger partial charge is 0.236 e. The van der Waals surface area contributed by atoms with E-state index in [1.165, 1.54) is 12.8 Å². The Hall–Kier alpha value is -0.610. The van der Waals surface area contributed by atoms with Gasteiger partial charge < -0.3 is 10.2 Å². The van der Waals surface area contributed by atoms with E-state index in [1.807, 2.05) is 4.90 Å². The van der Waals surface area contributed by atoms with Crippen molar-refractivity contribution < 1.29 is 4.79 Å². The van der Waals surface area contributed by atoms with Gasteiger partial charge in [0.2, 0.25) is 5.91 Å². The fourth-order valence-corrected chi connectivity index (χ4v) is 3.07. The topological polar surface area (TPSA) is 35.6 Å². The summed E-state index contributed by atoms with van der Waals surface area (Å²) in [5.41, 5.74) is 0. The Bertz CT molecular complexity index is 264. The molecule has 0 spiro atoms. The highest BCUT2D eigenvalue weighted by Crippen LogP contribution is 2.15. The van der Waals surface area contributed by atoms with Gasteiger partial charge in [0.1, 0.15) is 0 Å². The van der Waals surface area contributed by atoms with E-state index in [1.54, 1.807) is 0 Å². The van der Waals surface area contributed by atoms with Crippen molar-refractivity contribution in [3.63, 3.8) is 0 Å². The lowest BCUT2D eigenvalue weighted by Crippen LogP contribution is -2.40. The number of nitrogens with zero attached hydrogens (tertiary/aromatic N) is 2. The average molecular weight is 253 g/mol. The molecule has 1 N–H and O–H groups in total. The monoisotopic (exact) mass is 253 g/mol. The molecule has 1 amide bonds. The maximum atomic E-state index is 12.1. The number of hydrogen-bond acceptors (Lipinski definition) is 3. The van der Waals surface area contributed by atoms with Crippen molar-refractivity contribution in [1.29, 1.82) is 0 Å². The summed E-state index contributed by atoms with van der Waals surface area (Å²) in [7, 11) is 0. The van der Waals surface area contributed by atoms with Gasteiger partial charge in [0, 0.05) is 26.2 Å². The van der Waals surface area contributed by atoms with Gasteiger partial charge in [0.15, 0.2) is 0 Å². The molecule has 2 fully saturated rings. The van der Waals surface area contributed by atoms with Gasteiger partial charge >= 0.3 is 0 Å². The molecule has 2 aliphatic heterocycles. The summed E-state index contributed by atoms with van der Waals surface area (Å²) in [6.07, 6.45) is 4.74. The highest BCUT2D eigenvalue weighted by Gasteiger charge is 2.23. The maximum absolute atomic E-state index is 12.1. The SMILES string of the molecule is CCCN1CCCN(CC2CCNCC2)CC1=O. The van der Waals surface area contributed by atoms with Crippen LogP contribution in [0.3, 0.4) is 0 Å². The molecule has 2 rings (SSSR count). The quantitative estimate of drug-likeness (QED) is 0.809. The van der Waals surface area contributed by atoms with Crippen LogP contribution in [0, 0.1) is 5.92 Å². The molecular formula is C14H27N3O. The fraction of sp³-hybridized carbons (Fsp3) is 0.929. The highest BCUT2D eigenvalue weighted by molar-refractivity contribution is 5.78. The number of rotatable bonds is 4. The van der Waals surface area contributed by atoms with E-state index >= 15 is 0 Å². The molecule has 0 saturated carbocycles. The maximum Gasteiger partial charge on any atom is 0.236 e. The van der Waals surface area contributed by atoms with E-state index in [-0.39, 0.29) is 0 Å². The van der Waals surface area contributed by atoms with Gasteiger partial charge in [-0.3, -0.25) is 9.69 Å². The molecule has 0 aromatic rings. The number of carbonyl (C=O) groups is 1. The second kappa shape index (κ2) is 7.10. The van der Waals surface area contributed by atoms with Crippen LogP contribution in [-0.2, 0) is 4.79 Å². The van der Waals surface area contributed by atoms with Gasteiger partial charge in [-0.05, 0) is 44.7 Å². The fourth-order valence-electron chi connectivity index (χ4n) is 3.07. The number of carbonyl (C=O) groups excluding carboxylic acids is 1. The lowest BCUT2D eigenvalue weighted by molar-refractivity contribution is -0.131. The molecule has 4 heteroatoms. The zero-order valence-corrected chi connectivity index (χ0v) is 11.7. The van der Waals surface area contributed by atoms with E-state index < -0.39 is 0 Å². The molecule has 0 radical (unpaired) electrons. The summed E-state index contributed by atoms with van der Waals surface area (Å²) in [6, 6.07) is 0. The standard InChI is InChI=1S/C14H27N3O/c1-2-8-17-10-3-9-16(12-14(17)18)11-13-4-6-15-7-5-13/h13,15H,2-12H2,1H3. The van der Waals surface area contributed by atoms with E-state index in [0.29, 0.717) is 12.5 Å². The first-order valence-electron chi connectivity index (χ1n) is 7.50. The lowest BCUT2D eigenvalue weighted by Gasteiger charge is -2.28. The molecule has 0 atom stereocenters. The summed E-state index contributed by atoms with van der Waals surface area (Å²) in [5.74, 6) is 1.13. The molecule has 0 aromatic carbocycles. The molecule has 4 nitrogen and oxygen atoms in total. The Labute approximate surface area is 111 Å². The minimum atomic E-state index is 0.336. The first kappa shape index (κ1) is 13.8. The van der Waals surface area contributed by atoms with Crippen LogP contribution in [0.4, 0.5) is 0 Å². The predicted octanol–water partition coefficient (Wildman–Crippen LogP) is 0.930. The third-order valence-electron chi connectivity index (χ3n) is 4.08. The van der Waals surface area contributed by atoms with Crippen molar-refractivity contribution in [2.75, 3.05) is 45.8 Å². The van der Waals surface area contributed by atoms with Gasteiger partial charge in [0.25, 0.3) is 0 Å². The summed E-state index contributed by atoms with van der Waals surface area (Å²) < 4.78 is 0. The van der Waals surface area contributed by atoms with E-state index in [4.69, 9.17) is 0 Å². The van der Waals surface area contributed by atoms with Crippen molar-refractivity contribution in [1.82, 2.24) is 15.1 Å². The van der Waals surface area contributed by atoms with Crippen LogP contribution in [0.1, 0.15) is 32.6 Å². The summed E-state index contributed by atoms with van der Waals surface area (Å²) in [5, 5.41) is 3.40. The van der Waals surface area contributed by atoms with Gasteiger partial charge in [0.05, 0.1) is 6.54 Å². The second-order valence-electron chi connectivity index (χ2n) is 5.66. The number of amides is 1. The lowest BCUT2D eigenvalue weighted by atomic mass is 9.97. The zero-order valence-electron chi connectivity index (χ0n) is 11.7. The largest absolute Gasteiger partial charge is 0.342 e. The molecule has 2 saturated heterocycles. The Morgan fingerprint density at radius 1 is 1.28 bits per heavy atom. The molecule has 0 bridgehead atoms. The summed E-state index contributed by atoms with van der Waals surface area (Å²) >= 11 is 0. The third kappa shape index (κ3) is 3.95. The minimum absolute atomic E-state index is 0.336. The zero-order chi connectivity index (χ0) is 12.8. The number of piperidine rings is 1. The molecule has 0 aliphatic carbocycles. The van der Waals surface area contributed by atoms with Crippen molar-refractivity contribution in [3.8, 4) is 0 Å². The van der Waals surface area contributed by atoms with E-state index in [9.17, 15) is 4.79 Å². The van der Waals surface area contributed by atoms with Crippen LogP contribution in [0.25, 0.3) is 0 Å². The first-order chi connectivity index (χ1) is 8.79. The molecular weight excluding hydrogens is 226 g/mol. The van der Waals surface area contributed by atoms with E-state index in [0.717, 1.165) is 58.0 Å². The first-order valence-corrected chi connectivity index (χ1v) is 7.50. The van der Waals surface area contributed by atoms with Crippen molar-refractivity contribution in [2.45, 2.75) is 32.6 Å². The minimum Gasteiger partial charge on any atom is -0.342 e. The van der Waals surface area contributed by atoms with Crippen molar-refractivity contribution >= 4 is 5.91 Å². The van der Waals surface area contributed by atoms with Gasteiger partial charge in [-0.25, -0.2) is 0 Å². The van der Waals surface area contributed by atoms with Crippen molar-refractivity contribution in [2.24, 2.45) is 5.92 Å². The van der Waals surface area contributed by atoms with E-state index in [2.05, 4.69) is 17.1 Å². The van der Waals surface area contributed by atoms with Crippen LogP contribution in [0.2, 0.25) is 0 Å². The molecule has 2 heterocycles. The molecule has 0 aromatic heterocycles. The molecule has 2 aliphatic rings. The van der Waals surface area contributed by atoms with Crippen LogP contribution >= 0.6 is 0 Å². The van der Waals surface area contributed by atoms with Gasteiger partial charge in [-0.1, -0.05) is 6.92 Å². The van der Waals surface area contributed by atoms with Crippen LogP contribution in [0.5, 0.6) is 0 Å². The van der Waals surface area contributed by atoms with Gasteiger partial charge in [-0.2, -0.15) is 0 Å². The van der Waals surface area contributed by atoms with Crippen molar-refractivity contribution in [3.05, 3.63) is 0 Å². The number of hydrogen-bond donors (Lipinski definition) is 1. The Morgan fingerprint density at radius 3 is 2.78 bits per heavy atom. The van der Waals surface area contributed by atoms with Crippen LogP contribution in [-0.4, -0.2) is 61.5 Å². The molecule has 18 heavy (non-hydrogen) atoms. The molecule has 104 valence electrons. The van der Waals surface area contributed by atoms with Gasteiger partial charge in [-0.15, -0.1) is 0 Å². The second-order valence-corrected chi connectivity index (χ2v) is 5.66. The van der Waals surface area contributed by atoms with Crippen LogP contribution in [0.15, 0.2) is 0 Å². The molecule has 0 unspecified atom stereocenters. The van der Waals surface area contributed by atoms with Crippen LogP contribution < -0.4 is 5.32 Å². The summed E-state index contributed by atoms with van der Waals surface area (Å²) in [4.78, 5) is 16.6. The Balaban J connectivity index is 1.81. The third-order valence-corrected chi connectivity index (χ3v) is 4.08. The summed E-state index contributed by atoms with van der Waals surface area (Å²) in [6.45, 7) is 9.18. The normalized spacial score (nSPS) is 24.3. The highest BCUT2D eigenvalue weighted by atomic mass is 16.2. The Morgan fingerprint density at radius 2 is 2.06 bits per heavy atom. The average Bonchev–Trinajstić information content (AvgIpc) is 2.54. The Kier molecular flexibility index (Phi) is 5.45. The number of nitrogens with one attached hydrogen (secondary N) is 1.